The predicted octanol–water partition coefficient (Wildman–Crippen LogP) is 2.44. The second-order valence-electron chi connectivity index (χ2n) is 5.70. The van der Waals surface area contributed by atoms with Gasteiger partial charge in [0.25, 0.3) is 0 Å². The summed E-state index contributed by atoms with van der Waals surface area (Å²) >= 11 is 0. The molecule has 1 aliphatic carbocycles. The van der Waals surface area contributed by atoms with Crippen molar-refractivity contribution in [1.29, 1.82) is 0 Å². The molecule has 0 amide bonds. The SMILES string of the molecule is COc1ccc(S(N)(=O)=O)cc1-c1noc(C2CCCCC2)n1. The van der Waals surface area contributed by atoms with Gasteiger partial charge in [-0.25, -0.2) is 13.6 Å². The molecule has 23 heavy (non-hydrogen) atoms. The van der Waals surface area contributed by atoms with Crippen LogP contribution in [0.2, 0.25) is 0 Å². The van der Waals surface area contributed by atoms with Gasteiger partial charge in [0.1, 0.15) is 5.75 Å². The average molecular weight is 337 g/mol. The summed E-state index contributed by atoms with van der Waals surface area (Å²) < 4.78 is 33.7. The van der Waals surface area contributed by atoms with E-state index in [1.807, 2.05) is 0 Å². The van der Waals surface area contributed by atoms with Crippen LogP contribution in [0.4, 0.5) is 0 Å². The Balaban J connectivity index is 1.99. The van der Waals surface area contributed by atoms with E-state index in [4.69, 9.17) is 14.4 Å². The summed E-state index contributed by atoms with van der Waals surface area (Å²) in [6.45, 7) is 0. The van der Waals surface area contributed by atoms with Gasteiger partial charge in [0.15, 0.2) is 0 Å². The molecule has 0 spiro atoms. The molecule has 0 saturated heterocycles. The fraction of sp³-hybridized carbons (Fsp3) is 0.467. The Morgan fingerprint density at radius 3 is 2.65 bits per heavy atom. The topological polar surface area (TPSA) is 108 Å². The number of rotatable bonds is 4. The van der Waals surface area contributed by atoms with Crippen LogP contribution in [0.1, 0.15) is 43.9 Å². The van der Waals surface area contributed by atoms with E-state index in [9.17, 15) is 8.42 Å². The zero-order valence-electron chi connectivity index (χ0n) is 12.9. The number of ether oxygens (including phenoxy) is 1. The maximum absolute atomic E-state index is 11.5. The largest absolute Gasteiger partial charge is 0.496 e. The lowest BCUT2D eigenvalue weighted by molar-refractivity contribution is 0.314. The molecular weight excluding hydrogens is 318 g/mol. The van der Waals surface area contributed by atoms with E-state index in [0.29, 0.717) is 23.0 Å². The van der Waals surface area contributed by atoms with Crippen LogP contribution in [-0.2, 0) is 10.0 Å². The maximum Gasteiger partial charge on any atom is 0.238 e. The molecule has 1 aromatic heterocycles. The van der Waals surface area contributed by atoms with Crippen LogP contribution in [0.3, 0.4) is 0 Å². The number of hydrogen-bond donors (Lipinski definition) is 1. The van der Waals surface area contributed by atoms with Crippen molar-refractivity contribution < 1.29 is 17.7 Å². The van der Waals surface area contributed by atoms with Crippen molar-refractivity contribution in [2.45, 2.75) is 42.9 Å². The zero-order chi connectivity index (χ0) is 16.4. The van der Waals surface area contributed by atoms with Crippen LogP contribution < -0.4 is 9.88 Å². The Morgan fingerprint density at radius 1 is 1.26 bits per heavy atom. The quantitative estimate of drug-likeness (QED) is 0.918. The van der Waals surface area contributed by atoms with E-state index in [1.54, 1.807) is 0 Å². The highest BCUT2D eigenvalue weighted by Crippen LogP contribution is 2.35. The molecule has 2 N–H and O–H groups in total. The smallest absolute Gasteiger partial charge is 0.238 e. The molecule has 124 valence electrons. The van der Waals surface area contributed by atoms with Crippen LogP contribution in [0.25, 0.3) is 11.4 Å². The number of nitrogens with two attached hydrogens (primary N) is 1. The minimum atomic E-state index is -3.81. The molecule has 1 aromatic carbocycles. The lowest BCUT2D eigenvalue weighted by atomic mass is 9.89. The molecular formula is C15H19N3O4S. The summed E-state index contributed by atoms with van der Waals surface area (Å²) in [4.78, 5) is 4.43. The van der Waals surface area contributed by atoms with E-state index in [2.05, 4.69) is 10.1 Å². The third-order valence-corrected chi connectivity index (χ3v) is 5.05. The summed E-state index contributed by atoms with van der Waals surface area (Å²) in [5, 5.41) is 9.18. The van der Waals surface area contributed by atoms with Crippen molar-refractivity contribution in [3.8, 4) is 17.1 Å². The van der Waals surface area contributed by atoms with Crippen LogP contribution in [-0.4, -0.2) is 25.7 Å². The molecule has 0 unspecified atom stereocenters. The second kappa shape index (κ2) is 6.29. The molecule has 2 aromatic rings. The van der Waals surface area contributed by atoms with Gasteiger partial charge in [-0.3, -0.25) is 0 Å². The number of hydrogen-bond acceptors (Lipinski definition) is 6. The highest BCUT2D eigenvalue weighted by atomic mass is 32.2. The summed E-state index contributed by atoms with van der Waals surface area (Å²) in [5.74, 6) is 1.65. The number of aromatic nitrogens is 2. The van der Waals surface area contributed by atoms with Crippen LogP contribution in [0, 0.1) is 0 Å². The number of benzene rings is 1. The molecule has 0 aliphatic heterocycles. The molecule has 1 saturated carbocycles. The lowest BCUT2D eigenvalue weighted by Gasteiger charge is -2.17. The number of methoxy groups -OCH3 is 1. The lowest BCUT2D eigenvalue weighted by Crippen LogP contribution is -2.12. The van der Waals surface area contributed by atoms with Gasteiger partial charge in [0.2, 0.25) is 21.7 Å². The Kier molecular flexibility index (Phi) is 4.36. The van der Waals surface area contributed by atoms with Gasteiger partial charge < -0.3 is 9.26 Å². The average Bonchev–Trinajstić information content (AvgIpc) is 3.04. The van der Waals surface area contributed by atoms with Crippen LogP contribution in [0.5, 0.6) is 5.75 Å². The van der Waals surface area contributed by atoms with Crippen LogP contribution in [0.15, 0.2) is 27.6 Å². The standard InChI is InChI=1S/C15H19N3O4S/c1-21-13-8-7-11(23(16,19)20)9-12(13)14-17-15(22-18-14)10-5-3-2-4-6-10/h7-10H,2-6H2,1H3,(H2,16,19,20). The van der Waals surface area contributed by atoms with Crippen molar-refractivity contribution in [2.24, 2.45) is 5.14 Å². The maximum atomic E-state index is 11.5. The number of sulfonamides is 1. The highest BCUT2D eigenvalue weighted by molar-refractivity contribution is 7.89. The molecule has 1 aliphatic rings. The third-order valence-electron chi connectivity index (χ3n) is 4.14. The molecule has 1 fully saturated rings. The molecule has 1 heterocycles. The number of primary sulfonamides is 1. The molecule has 0 radical (unpaired) electrons. The Bertz CT molecular complexity index is 795. The Hall–Kier alpha value is -1.93. The van der Waals surface area contributed by atoms with E-state index in [0.717, 1.165) is 25.7 Å². The van der Waals surface area contributed by atoms with Crippen molar-refractivity contribution in [3.05, 3.63) is 24.1 Å². The third kappa shape index (κ3) is 3.37. The van der Waals surface area contributed by atoms with Crippen molar-refractivity contribution in [1.82, 2.24) is 10.1 Å². The first-order chi connectivity index (χ1) is 11.0. The minimum absolute atomic E-state index is 0.0164. The minimum Gasteiger partial charge on any atom is -0.496 e. The van der Waals surface area contributed by atoms with Gasteiger partial charge >= 0.3 is 0 Å². The summed E-state index contributed by atoms with van der Waals surface area (Å²) in [5.41, 5.74) is 0.449. The van der Waals surface area contributed by atoms with Crippen LogP contribution >= 0.6 is 0 Å². The predicted molar refractivity (Wildman–Crippen MR) is 83.5 cm³/mol. The van der Waals surface area contributed by atoms with Gasteiger partial charge in [-0.1, -0.05) is 24.4 Å². The van der Waals surface area contributed by atoms with E-state index < -0.39 is 10.0 Å². The van der Waals surface area contributed by atoms with Gasteiger partial charge in [-0.2, -0.15) is 4.98 Å². The second-order valence-corrected chi connectivity index (χ2v) is 7.26. The normalized spacial score (nSPS) is 16.4. The van der Waals surface area contributed by atoms with E-state index >= 15 is 0 Å². The summed E-state index contributed by atoms with van der Waals surface area (Å²) in [6.07, 6.45) is 5.63. The highest BCUT2D eigenvalue weighted by Gasteiger charge is 2.23. The van der Waals surface area contributed by atoms with Crippen molar-refractivity contribution in [3.63, 3.8) is 0 Å². The molecule has 3 rings (SSSR count). The van der Waals surface area contributed by atoms with Gasteiger partial charge in [-0.05, 0) is 31.0 Å². The first-order valence-corrected chi connectivity index (χ1v) is 9.08. The molecule has 0 bridgehead atoms. The van der Waals surface area contributed by atoms with Crippen molar-refractivity contribution >= 4 is 10.0 Å². The summed E-state index contributed by atoms with van der Waals surface area (Å²) in [7, 11) is -2.32. The Labute approximate surface area is 134 Å². The first kappa shape index (κ1) is 15.9. The van der Waals surface area contributed by atoms with E-state index in [-0.39, 0.29) is 10.8 Å². The van der Waals surface area contributed by atoms with Crippen molar-refractivity contribution in [2.75, 3.05) is 7.11 Å². The number of nitrogens with zero attached hydrogens (tertiary/aromatic N) is 2. The fourth-order valence-corrected chi connectivity index (χ4v) is 3.44. The zero-order valence-corrected chi connectivity index (χ0v) is 13.7. The monoisotopic (exact) mass is 337 g/mol. The molecule has 7 nitrogen and oxygen atoms in total. The van der Waals surface area contributed by atoms with Gasteiger partial charge in [-0.15, -0.1) is 0 Å². The van der Waals surface area contributed by atoms with Gasteiger partial charge in [0.05, 0.1) is 17.6 Å². The fourth-order valence-electron chi connectivity index (χ4n) is 2.90. The van der Waals surface area contributed by atoms with Gasteiger partial charge in [0, 0.05) is 5.92 Å². The first-order valence-electron chi connectivity index (χ1n) is 7.54. The van der Waals surface area contributed by atoms with E-state index in [1.165, 1.54) is 31.7 Å². The molecule has 8 heteroatoms. The molecule has 0 atom stereocenters. The summed E-state index contributed by atoms with van der Waals surface area (Å²) in [6, 6.07) is 4.33. The Morgan fingerprint density at radius 2 is 2.00 bits per heavy atom.